The standard InChI is InChI=1S/C14H24/c1-11(2)8-9-13-12(3)7-6-10-14(13,4)5/h8-9,11H,6-7,10H2,1-5H3/b9-8+. The van der Waals surface area contributed by atoms with Crippen LogP contribution in [0, 0.1) is 11.3 Å². The third-order valence-corrected chi connectivity index (χ3v) is 3.19. The molecule has 14 heavy (non-hydrogen) atoms. The van der Waals surface area contributed by atoms with Gasteiger partial charge in [0.05, 0.1) is 0 Å². The molecule has 0 heteroatoms. The molecule has 0 nitrogen and oxygen atoms in total. The lowest BCUT2D eigenvalue weighted by molar-refractivity contribution is 0.376. The Bertz CT molecular complexity index is 251. The molecule has 0 saturated carbocycles. The molecule has 0 fully saturated rings. The molecule has 0 aromatic carbocycles. The highest BCUT2D eigenvalue weighted by atomic mass is 14.3. The smallest absolute Gasteiger partial charge is 0.0104 e. The van der Waals surface area contributed by atoms with Crippen LogP contribution in [0.15, 0.2) is 23.3 Å². The van der Waals surface area contributed by atoms with E-state index in [0.29, 0.717) is 11.3 Å². The maximum Gasteiger partial charge on any atom is -0.0104 e. The van der Waals surface area contributed by atoms with Gasteiger partial charge in [-0.3, -0.25) is 0 Å². The van der Waals surface area contributed by atoms with Crippen molar-refractivity contribution >= 4 is 0 Å². The molecule has 0 aromatic heterocycles. The van der Waals surface area contributed by atoms with Crippen molar-refractivity contribution in [3.8, 4) is 0 Å². The summed E-state index contributed by atoms with van der Waals surface area (Å²) in [7, 11) is 0. The fourth-order valence-electron chi connectivity index (χ4n) is 2.30. The predicted octanol–water partition coefficient (Wildman–Crippen LogP) is 4.73. The van der Waals surface area contributed by atoms with Crippen molar-refractivity contribution < 1.29 is 0 Å². The maximum absolute atomic E-state index is 2.37. The molecule has 1 aliphatic rings. The Morgan fingerprint density at radius 3 is 2.43 bits per heavy atom. The van der Waals surface area contributed by atoms with Crippen molar-refractivity contribution in [3.63, 3.8) is 0 Å². The summed E-state index contributed by atoms with van der Waals surface area (Å²) in [5, 5.41) is 0. The Morgan fingerprint density at radius 1 is 1.29 bits per heavy atom. The topological polar surface area (TPSA) is 0 Å². The first kappa shape index (κ1) is 11.6. The molecule has 0 N–H and O–H groups in total. The van der Waals surface area contributed by atoms with Gasteiger partial charge in [-0.25, -0.2) is 0 Å². The van der Waals surface area contributed by atoms with Gasteiger partial charge in [0.2, 0.25) is 0 Å². The zero-order valence-corrected chi connectivity index (χ0v) is 10.4. The average Bonchev–Trinajstić information content (AvgIpc) is 2.01. The third-order valence-electron chi connectivity index (χ3n) is 3.19. The van der Waals surface area contributed by atoms with Gasteiger partial charge in [-0.05, 0) is 43.1 Å². The van der Waals surface area contributed by atoms with Gasteiger partial charge in [0.1, 0.15) is 0 Å². The summed E-state index contributed by atoms with van der Waals surface area (Å²) in [6, 6.07) is 0. The molecule has 0 saturated heterocycles. The van der Waals surface area contributed by atoms with Crippen LogP contribution in [-0.2, 0) is 0 Å². The van der Waals surface area contributed by atoms with E-state index in [1.807, 2.05) is 0 Å². The molecule has 0 aliphatic heterocycles. The van der Waals surface area contributed by atoms with Crippen LogP contribution in [0.4, 0.5) is 0 Å². The molecule has 0 bridgehead atoms. The zero-order chi connectivity index (χ0) is 10.8. The fourth-order valence-corrected chi connectivity index (χ4v) is 2.30. The molecule has 0 unspecified atom stereocenters. The highest BCUT2D eigenvalue weighted by Crippen LogP contribution is 2.40. The van der Waals surface area contributed by atoms with Crippen molar-refractivity contribution in [1.29, 1.82) is 0 Å². The van der Waals surface area contributed by atoms with Crippen molar-refractivity contribution in [2.45, 2.75) is 53.9 Å². The van der Waals surface area contributed by atoms with Crippen molar-refractivity contribution in [2.75, 3.05) is 0 Å². The minimum Gasteiger partial charge on any atom is -0.0817 e. The van der Waals surface area contributed by atoms with Crippen molar-refractivity contribution in [2.24, 2.45) is 11.3 Å². The Hall–Kier alpha value is -0.520. The van der Waals surface area contributed by atoms with Crippen LogP contribution < -0.4 is 0 Å². The first-order valence-corrected chi connectivity index (χ1v) is 5.82. The van der Waals surface area contributed by atoms with E-state index in [1.165, 1.54) is 19.3 Å². The van der Waals surface area contributed by atoms with Crippen molar-refractivity contribution in [3.05, 3.63) is 23.3 Å². The lowest BCUT2D eigenvalue weighted by Gasteiger charge is -2.33. The van der Waals surface area contributed by atoms with Crippen LogP contribution in [0.5, 0.6) is 0 Å². The molecule has 0 amide bonds. The number of allylic oxidation sites excluding steroid dienone is 4. The first-order valence-electron chi connectivity index (χ1n) is 5.82. The fraction of sp³-hybridized carbons (Fsp3) is 0.714. The molecule has 0 spiro atoms. The second-order valence-corrected chi connectivity index (χ2v) is 5.53. The number of rotatable bonds is 2. The predicted molar refractivity (Wildman–Crippen MR) is 64.3 cm³/mol. The van der Waals surface area contributed by atoms with E-state index in [4.69, 9.17) is 0 Å². The summed E-state index contributed by atoms with van der Waals surface area (Å²) < 4.78 is 0. The quantitative estimate of drug-likeness (QED) is 0.593. The molecule has 0 atom stereocenters. The second-order valence-electron chi connectivity index (χ2n) is 5.53. The van der Waals surface area contributed by atoms with Gasteiger partial charge in [-0.1, -0.05) is 45.4 Å². The monoisotopic (exact) mass is 192 g/mol. The summed E-state index contributed by atoms with van der Waals surface area (Å²) in [6.45, 7) is 11.5. The molecule has 1 aliphatic carbocycles. The zero-order valence-electron chi connectivity index (χ0n) is 10.4. The van der Waals surface area contributed by atoms with Crippen molar-refractivity contribution in [1.82, 2.24) is 0 Å². The average molecular weight is 192 g/mol. The SMILES string of the molecule is CC1=C(/C=C/C(C)C)C(C)(C)CCC1. The van der Waals surface area contributed by atoms with Crippen LogP contribution in [0.1, 0.15) is 53.9 Å². The first-order chi connectivity index (χ1) is 6.43. The molecular formula is C14H24. The Kier molecular flexibility index (Phi) is 3.58. The van der Waals surface area contributed by atoms with E-state index in [0.717, 1.165) is 0 Å². The highest BCUT2D eigenvalue weighted by molar-refractivity contribution is 5.32. The van der Waals surface area contributed by atoms with E-state index >= 15 is 0 Å². The highest BCUT2D eigenvalue weighted by Gasteiger charge is 2.26. The summed E-state index contributed by atoms with van der Waals surface area (Å²) in [6.07, 6.45) is 8.67. The summed E-state index contributed by atoms with van der Waals surface area (Å²) in [5.74, 6) is 0.660. The van der Waals surface area contributed by atoms with Gasteiger partial charge in [0.25, 0.3) is 0 Å². The maximum atomic E-state index is 2.37. The molecule has 80 valence electrons. The molecule has 1 rings (SSSR count). The molecule has 0 radical (unpaired) electrons. The Morgan fingerprint density at radius 2 is 1.93 bits per heavy atom. The van der Waals surface area contributed by atoms with Crippen LogP contribution in [0.25, 0.3) is 0 Å². The van der Waals surface area contributed by atoms with Gasteiger partial charge in [-0.15, -0.1) is 0 Å². The molecule has 0 heterocycles. The van der Waals surface area contributed by atoms with E-state index in [9.17, 15) is 0 Å². The van der Waals surface area contributed by atoms with Gasteiger partial charge >= 0.3 is 0 Å². The van der Waals surface area contributed by atoms with Crippen LogP contribution in [0.2, 0.25) is 0 Å². The van der Waals surface area contributed by atoms with Gasteiger partial charge in [-0.2, -0.15) is 0 Å². The lowest BCUT2D eigenvalue weighted by Crippen LogP contribution is -2.19. The lowest BCUT2D eigenvalue weighted by atomic mass is 9.72. The summed E-state index contributed by atoms with van der Waals surface area (Å²) in [4.78, 5) is 0. The number of hydrogen-bond donors (Lipinski definition) is 0. The van der Waals surface area contributed by atoms with Crippen LogP contribution in [0.3, 0.4) is 0 Å². The van der Waals surface area contributed by atoms with Crippen LogP contribution in [-0.4, -0.2) is 0 Å². The van der Waals surface area contributed by atoms with E-state index < -0.39 is 0 Å². The second kappa shape index (κ2) is 4.33. The van der Waals surface area contributed by atoms with Gasteiger partial charge in [0, 0.05) is 0 Å². The van der Waals surface area contributed by atoms with E-state index in [1.54, 1.807) is 11.1 Å². The Balaban J connectivity index is 2.91. The van der Waals surface area contributed by atoms with Gasteiger partial charge in [0.15, 0.2) is 0 Å². The summed E-state index contributed by atoms with van der Waals surface area (Å²) in [5.41, 5.74) is 3.57. The van der Waals surface area contributed by atoms with E-state index in [-0.39, 0.29) is 0 Å². The normalized spacial score (nSPS) is 22.4. The van der Waals surface area contributed by atoms with Gasteiger partial charge < -0.3 is 0 Å². The third kappa shape index (κ3) is 2.73. The minimum atomic E-state index is 0.397. The minimum absolute atomic E-state index is 0.397. The van der Waals surface area contributed by atoms with E-state index in [2.05, 4.69) is 46.8 Å². The summed E-state index contributed by atoms with van der Waals surface area (Å²) >= 11 is 0. The van der Waals surface area contributed by atoms with Crippen LogP contribution >= 0.6 is 0 Å². The largest absolute Gasteiger partial charge is 0.0817 e. The number of hydrogen-bond acceptors (Lipinski definition) is 0. The Labute approximate surface area is 89.1 Å². The molecular weight excluding hydrogens is 168 g/mol. The molecule has 0 aromatic rings.